The molecule has 2 N–H and O–H groups in total. The van der Waals surface area contributed by atoms with Crippen molar-refractivity contribution in [2.24, 2.45) is 130 Å². The van der Waals surface area contributed by atoms with Crippen molar-refractivity contribution in [1.82, 2.24) is 0 Å². The maximum absolute atomic E-state index is 14.6. The average Bonchev–Trinajstić information content (AvgIpc) is 4.11. The fourth-order valence-corrected chi connectivity index (χ4v) is 16.1. The van der Waals surface area contributed by atoms with Gasteiger partial charge in [0.25, 0.3) is 0 Å². The van der Waals surface area contributed by atoms with E-state index >= 15 is 0 Å². The smallest absolute Gasteiger partial charge is 0.317 e. The van der Waals surface area contributed by atoms with E-state index in [-0.39, 0.29) is 56.2 Å². The van der Waals surface area contributed by atoms with Crippen molar-refractivity contribution in [2.75, 3.05) is 20.3 Å². The number of carbonyl (C=O) groups is 10. The minimum atomic E-state index is -1.46. The summed E-state index contributed by atoms with van der Waals surface area (Å²) in [7, 11) is 1.11. The first-order valence-corrected chi connectivity index (χ1v) is 23.3. The quantitative estimate of drug-likeness (QED) is 0.123. The van der Waals surface area contributed by atoms with Crippen molar-refractivity contribution in [2.45, 2.75) is 78.7 Å². The first-order valence-electron chi connectivity index (χ1n) is 23.3. The molecular formula is C47H58O18. The Morgan fingerprint density at radius 2 is 1.06 bits per heavy atom. The third-order valence-electron chi connectivity index (χ3n) is 18.0. The molecule has 65 heavy (non-hydrogen) atoms. The first kappa shape index (κ1) is 45.4. The monoisotopic (exact) mass is 910 g/mol. The lowest BCUT2D eigenvalue weighted by molar-refractivity contribution is -0.167. The third kappa shape index (κ3) is 6.95. The average molecular weight is 911 g/mol. The van der Waals surface area contributed by atoms with Crippen LogP contribution >= 0.6 is 0 Å². The van der Waals surface area contributed by atoms with Gasteiger partial charge in [0, 0.05) is 13.0 Å². The van der Waals surface area contributed by atoms with Gasteiger partial charge < -0.3 is 38.6 Å². The van der Waals surface area contributed by atoms with E-state index in [1.807, 2.05) is 6.92 Å². The van der Waals surface area contributed by atoms with Gasteiger partial charge in [-0.05, 0) is 124 Å². The molecule has 6 bridgehead atoms. The van der Waals surface area contributed by atoms with Crippen molar-refractivity contribution >= 4 is 59.7 Å². The van der Waals surface area contributed by atoms with Crippen LogP contribution in [-0.2, 0) is 76.4 Å². The van der Waals surface area contributed by atoms with Crippen LogP contribution in [0.15, 0.2) is 0 Å². The number of aliphatic carboxylic acids is 1. The second kappa shape index (κ2) is 16.2. The normalized spacial score (nSPS) is 45.9. The van der Waals surface area contributed by atoms with Crippen molar-refractivity contribution in [3.05, 3.63) is 0 Å². The lowest BCUT2D eigenvalue weighted by Gasteiger charge is -2.46. The van der Waals surface area contributed by atoms with E-state index < -0.39 is 172 Å². The number of methoxy groups -OCH3 is 1. The lowest BCUT2D eigenvalue weighted by atomic mass is 9.53. The highest BCUT2D eigenvalue weighted by atomic mass is 16.6. The van der Waals surface area contributed by atoms with Gasteiger partial charge in [-0.15, -0.1) is 0 Å². The van der Waals surface area contributed by atoms with Crippen LogP contribution in [0.2, 0.25) is 0 Å². The van der Waals surface area contributed by atoms with Gasteiger partial charge in [0.15, 0.2) is 0 Å². The Morgan fingerprint density at radius 1 is 0.585 bits per heavy atom. The van der Waals surface area contributed by atoms with Crippen LogP contribution in [0.25, 0.3) is 0 Å². The van der Waals surface area contributed by atoms with Crippen LogP contribution in [0.5, 0.6) is 0 Å². The molecule has 0 aromatic rings. The molecule has 6 aliphatic carbocycles. The second-order valence-electron chi connectivity index (χ2n) is 21.6. The van der Waals surface area contributed by atoms with Crippen molar-refractivity contribution < 1.29 is 86.6 Å². The Kier molecular flexibility index (Phi) is 11.4. The Hall–Kier alpha value is -4.74. The predicted octanol–water partition coefficient (Wildman–Crippen LogP) is 2.39. The Labute approximate surface area is 374 Å². The van der Waals surface area contributed by atoms with Gasteiger partial charge in [-0.2, -0.15) is 0 Å². The summed E-state index contributed by atoms with van der Waals surface area (Å²) in [4.78, 5) is 139. The molecule has 9 fully saturated rings. The van der Waals surface area contributed by atoms with Gasteiger partial charge in [-0.1, -0.05) is 13.8 Å². The van der Waals surface area contributed by atoms with Gasteiger partial charge >= 0.3 is 59.7 Å². The van der Waals surface area contributed by atoms with E-state index in [0.717, 1.165) is 7.11 Å². The molecule has 22 unspecified atom stereocenters. The molecule has 0 amide bonds. The molecule has 18 nitrogen and oxygen atoms in total. The van der Waals surface area contributed by atoms with E-state index in [0.29, 0.717) is 19.3 Å². The largest absolute Gasteiger partial charge is 0.481 e. The number of aliphatic hydroxyl groups is 1. The number of esters is 9. The number of hydrogen-bond donors (Lipinski definition) is 2. The highest BCUT2D eigenvalue weighted by Crippen LogP contribution is 2.70. The van der Waals surface area contributed by atoms with Crippen molar-refractivity contribution in [3.8, 4) is 0 Å². The molecule has 18 heteroatoms. The summed E-state index contributed by atoms with van der Waals surface area (Å²) in [6, 6.07) is 0. The summed E-state index contributed by atoms with van der Waals surface area (Å²) >= 11 is 0. The zero-order valence-corrected chi connectivity index (χ0v) is 37.3. The fourth-order valence-electron chi connectivity index (χ4n) is 16.1. The topological polar surface area (TPSA) is 267 Å². The molecule has 0 spiro atoms. The molecule has 0 radical (unpaired) electrons. The Bertz CT molecular complexity index is 2110. The zero-order chi connectivity index (χ0) is 46.9. The number of cyclic esters (lactones) is 6. The standard InChI is InChI=1S/C47H58O18/c1-15-17-10-19(22(11-17)40(53)65-47(3,4)5)25(15)33-34(44(57)63-43(33)56)27-18-12-20(21(13-18)39(52)61-9-7-8-48)28(27)35-36(46(59)64-45(35)58)30-23-14-24(32(41(54)60-6)31(23)37(49)50)29(30)26-16(2)38(51)62-42(26)55/h15-36,48H,7-14H2,1-6H3,(H,49,50). The lowest BCUT2D eigenvalue weighted by Crippen LogP contribution is -2.53. The molecule has 3 aliphatic heterocycles. The van der Waals surface area contributed by atoms with Crippen LogP contribution in [0, 0.1) is 130 Å². The van der Waals surface area contributed by atoms with Crippen LogP contribution < -0.4 is 0 Å². The van der Waals surface area contributed by atoms with Gasteiger partial charge in [0.2, 0.25) is 0 Å². The number of rotatable bonds is 12. The molecule has 9 aliphatic rings. The molecular weight excluding hydrogens is 852 g/mol. The van der Waals surface area contributed by atoms with Crippen LogP contribution in [0.4, 0.5) is 0 Å². The minimum Gasteiger partial charge on any atom is -0.481 e. The third-order valence-corrected chi connectivity index (χ3v) is 18.0. The summed E-state index contributed by atoms with van der Waals surface area (Å²) in [5, 5.41) is 20.1. The van der Waals surface area contributed by atoms with E-state index in [1.54, 1.807) is 20.8 Å². The molecule has 0 aromatic heterocycles. The molecule has 354 valence electrons. The highest BCUT2D eigenvalue weighted by molar-refractivity contribution is 6.00. The number of hydrogen-bond acceptors (Lipinski definition) is 17. The maximum Gasteiger partial charge on any atom is 0.317 e. The Balaban J connectivity index is 1.14. The molecule has 9 rings (SSSR count). The number of carbonyl (C=O) groups excluding carboxylic acids is 9. The zero-order valence-electron chi connectivity index (χ0n) is 37.3. The number of fused-ring (bicyclic) bond motifs is 6. The van der Waals surface area contributed by atoms with Crippen molar-refractivity contribution in [1.29, 1.82) is 0 Å². The Morgan fingerprint density at radius 3 is 1.60 bits per heavy atom. The maximum atomic E-state index is 14.6. The second-order valence-corrected chi connectivity index (χ2v) is 21.6. The van der Waals surface area contributed by atoms with Crippen LogP contribution in [-0.4, -0.2) is 95.8 Å². The van der Waals surface area contributed by atoms with E-state index in [1.165, 1.54) is 6.92 Å². The molecule has 3 saturated heterocycles. The summed E-state index contributed by atoms with van der Waals surface area (Å²) in [6.07, 6.45) is 1.90. The molecule has 0 aromatic carbocycles. The number of carboxylic acid groups (broad SMARTS) is 1. The first-order chi connectivity index (χ1) is 30.7. The predicted molar refractivity (Wildman–Crippen MR) is 213 cm³/mol. The molecule has 6 saturated carbocycles. The molecule has 22 atom stereocenters. The SMILES string of the molecule is COC(=O)C1C2CC(C1C(=O)O)C(C1C(=O)OC(=O)C1C1C3CC(CC3C(=O)OCCCO)C1C1C(=O)OC(=O)C1C1C(C)C3CC(C(=O)OC(C)(C)C)C1C3)C2C1C(=O)OC(=O)C1C. The summed E-state index contributed by atoms with van der Waals surface area (Å²) in [6.45, 7) is 8.48. The van der Waals surface area contributed by atoms with E-state index in [4.69, 9.17) is 28.4 Å². The van der Waals surface area contributed by atoms with Gasteiger partial charge in [-0.3, -0.25) is 47.9 Å². The minimum absolute atomic E-state index is 0.0356. The summed E-state index contributed by atoms with van der Waals surface area (Å²) in [5.41, 5.74) is -0.769. The van der Waals surface area contributed by atoms with Crippen LogP contribution in [0.3, 0.4) is 0 Å². The summed E-state index contributed by atoms with van der Waals surface area (Å²) in [5.74, 6) is -27.8. The van der Waals surface area contributed by atoms with E-state index in [9.17, 15) is 58.2 Å². The van der Waals surface area contributed by atoms with E-state index in [2.05, 4.69) is 0 Å². The van der Waals surface area contributed by atoms with Gasteiger partial charge in [0.05, 0.1) is 72.9 Å². The highest BCUT2D eigenvalue weighted by Gasteiger charge is 2.75. The van der Waals surface area contributed by atoms with Gasteiger partial charge in [0.1, 0.15) is 5.60 Å². The fraction of sp³-hybridized carbons (Fsp3) is 0.787. The number of aliphatic hydroxyl groups excluding tert-OH is 1. The van der Waals surface area contributed by atoms with Crippen LogP contribution in [0.1, 0.15) is 73.1 Å². The van der Waals surface area contributed by atoms with Crippen molar-refractivity contribution in [3.63, 3.8) is 0 Å². The van der Waals surface area contributed by atoms with Gasteiger partial charge in [-0.25, -0.2) is 0 Å². The summed E-state index contributed by atoms with van der Waals surface area (Å²) < 4.78 is 32.7. The number of carboxylic acids is 1. The molecule has 3 heterocycles. The number of ether oxygens (including phenoxy) is 6.